The summed E-state index contributed by atoms with van der Waals surface area (Å²) in [5.74, 6) is -1.82. The van der Waals surface area contributed by atoms with Gasteiger partial charge in [0.05, 0.1) is 6.61 Å². The quantitative estimate of drug-likeness (QED) is 0.511. The second-order valence-electron chi connectivity index (χ2n) is 8.06. The van der Waals surface area contributed by atoms with E-state index in [1.54, 1.807) is 13.2 Å². The van der Waals surface area contributed by atoms with Crippen molar-refractivity contribution in [3.05, 3.63) is 71.8 Å². The van der Waals surface area contributed by atoms with Crippen LogP contribution in [0.2, 0.25) is 0 Å². The Hall–Kier alpha value is -3.03. The lowest BCUT2D eigenvalue weighted by Gasteiger charge is -2.39. The smallest absolute Gasteiger partial charge is 0.270 e. The number of nitrogens with one attached hydrogen (secondary N) is 1. The van der Waals surface area contributed by atoms with Crippen LogP contribution < -0.4 is 10.1 Å². The number of alkyl halides is 2. The van der Waals surface area contributed by atoms with E-state index in [2.05, 4.69) is 5.32 Å². The SMILES string of the molecule is COCCNC1CN(C(=O)c2ccc3c(Oc4ccc(C(C)(F)F)cc4)cccc3c2)C1. The summed E-state index contributed by atoms with van der Waals surface area (Å²) in [5.41, 5.74) is 0.563. The van der Waals surface area contributed by atoms with Gasteiger partial charge in [-0.1, -0.05) is 12.1 Å². The predicted octanol–water partition coefficient (Wildman–Crippen LogP) is 4.80. The lowest BCUT2D eigenvalue weighted by molar-refractivity contribution is 0.0174. The second kappa shape index (κ2) is 9.22. The van der Waals surface area contributed by atoms with Crippen LogP contribution in [0.4, 0.5) is 8.78 Å². The first-order valence-electron chi connectivity index (χ1n) is 10.6. The molecule has 168 valence electrons. The standard InChI is InChI=1S/C25H26F2N2O3/c1-25(26,27)19-7-9-21(10-8-19)32-23-5-3-4-17-14-18(6-11-22(17)23)24(30)29-15-20(16-29)28-12-13-31-2/h3-11,14,20,28H,12-13,15-16H2,1-2H3. The normalized spacial score (nSPS) is 14.4. The third-order valence-corrected chi connectivity index (χ3v) is 5.58. The fourth-order valence-corrected chi connectivity index (χ4v) is 3.74. The van der Waals surface area contributed by atoms with Gasteiger partial charge in [-0.25, -0.2) is 8.78 Å². The minimum Gasteiger partial charge on any atom is -0.457 e. The van der Waals surface area contributed by atoms with E-state index in [9.17, 15) is 13.6 Å². The lowest BCUT2D eigenvalue weighted by Crippen LogP contribution is -2.60. The average Bonchev–Trinajstić information content (AvgIpc) is 2.74. The molecule has 0 radical (unpaired) electrons. The maximum absolute atomic E-state index is 13.4. The van der Waals surface area contributed by atoms with Crippen molar-refractivity contribution in [3.8, 4) is 11.5 Å². The van der Waals surface area contributed by atoms with Gasteiger partial charge in [0.15, 0.2) is 0 Å². The summed E-state index contributed by atoms with van der Waals surface area (Å²) in [6.07, 6.45) is 0. The average molecular weight is 440 g/mol. The predicted molar refractivity (Wildman–Crippen MR) is 120 cm³/mol. The van der Waals surface area contributed by atoms with Gasteiger partial charge >= 0.3 is 0 Å². The first-order valence-corrected chi connectivity index (χ1v) is 10.6. The maximum atomic E-state index is 13.4. The van der Waals surface area contributed by atoms with E-state index < -0.39 is 5.92 Å². The van der Waals surface area contributed by atoms with Crippen LogP contribution in [0.5, 0.6) is 11.5 Å². The molecule has 0 unspecified atom stereocenters. The van der Waals surface area contributed by atoms with Crippen LogP contribution in [0, 0.1) is 0 Å². The third kappa shape index (κ3) is 4.89. The molecule has 1 saturated heterocycles. The third-order valence-electron chi connectivity index (χ3n) is 5.58. The maximum Gasteiger partial charge on any atom is 0.270 e. The van der Waals surface area contributed by atoms with Crippen LogP contribution in [0.1, 0.15) is 22.8 Å². The molecule has 1 fully saturated rings. The van der Waals surface area contributed by atoms with E-state index in [1.807, 2.05) is 35.2 Å². The first kappa shape index (κ1) is 22.2. The number of ether oxygens (including phenoxy) is 2. The molecule has 3 aromatic carbocycles. The summed E-state index contributed by atoms with van der Waals surface area (Å²) >= 11 is 0. The molecule has 0 bridgehead atoms. The van der Waals surface area contributed by atoms with Crippen LogP contribution in [0.15, 0.2) is 60.7 Å². The van der Waals surface area contributed by atoms with Crippen LogP contribution >= 0.6 is 0 Å². The van der Waals surface area contributed by atoms with Gasteiger partial charge in [0.25, 0.3) is 11.8 Å². The van der Waals surface area contributed by atoms with Crippen molar-refractivity contribution >= 4 is 16.7 Å². The van der Waals surface area contributed by atoms with Gasteiger partial charge in [-0.3, -0.25) is 4.79 Å². The largest absolute Gasteiger partial charge is 0.457 e. The number of halogens is 2. The summed E-state index contributed by atoms with van der Waals surface area (Å²) in [4.78, 5) is 14.6. The molecule has 0 saturated carbocycles. The van der Waals surface area contributed by atoms with Crippen molar-refractivity contribution < 1.29 is 23.0 Å². The second-order valence-corrected chi connectivity index (χ2v) is 8.06. The number of rotatable bonds is 8. The summed E-state index contributed by atoms with van der Waals surface area (Å²) < 4.78 is 37.8. The molecule has 4 rings (SSSR count). The Kier molecular flexibility index (Phi) is 6.39. The first-order chi connectivity index (χ1) is 15.3. The van der Waals surface area contributed by atoms with Crippen molar-refractivity contribution in [3.63, 3.8) is 0 Å². The summed E-state index contributed by atoms with van der Waals surface area (Å²) in [7, 11) is 1.66. The van der Waals surface area contributed by atoms with Gasteiger partial charge in [0, 0.05) is 56.2 Å². The van der Waals surface area contributed by atoms with E-state index in [0.29, 0.717) is 42.8 Å². The zero-order chi connectivity index (χ0) is 22.7. The highest BCUT2D eigenvalue weighted by molar-refractivity contribution is 6.00. The highest BCUT2D eigenvalue weighted by atomic mass is 19.3. The molecule has 0 spiro atoms. The number of methoxy groups -OCH3 is 1. The fourth-order valence-electron chi connectivity index (χ4n) is 3.74. The molecule has 1 aliphatic rings. The number of fused-ring (bicyclic) bond motifs is 1. The lowest BCUT2D eigenvalue weighted by atomic mass is 10.0. The summed E-state index contributed by atoms with van der Waals surface area (Å²) in [6.45, 7) is 3.64. The molecule has 7 heteroatoms. The fraction of sp³-hybridized carbons (Fsp3) is 0.320. The van der Waals surface area contributed by atoms with E-state index in [-0.39, 0.29) is 11.5 Å². The number of hydrogen-bond acceptors (Lipinski definition) is 4. The van der Waals surface area contributed by atoms with Gasteiger partial charge in [0.1, 0.15) is 11.5 Å². The molecule has 3 aromatic rings. The molecule has 1 amide bonds. The Morgan fingerprint density at radius 2 is 1.88 bits per heavy atom. The minimum atomic E-state index is -2.89. The topological polar surface area (TPSA) is 50.8 Å². The van der Waals surface area contributed by atoms with Crippen molar-refractivity contribution in [2.45, 2.75) is 18.9 Å². The minimum absolute atomic E-state index is 0.000837. The van der Waals surface area contributed by atoms with Gasteiger partial charge in [0.2, 0.25) is 0 Å². The van der Waals surface area contributed by atoms with Crippen molar-refractivity contribution in [2.75, 3.05) is 33.4 Å². The number of hydrogen-bond donors (Lipinski definition) is 1. The molecule has 0 aliphatic carbocycles. The number of nitrogens with zero attached hydrogens (tertiary/aromatic N) is 1. The molecule has 1 aliphatic heterocycles. The monoisotopic (exact) mass is 440 g/mol. The molecule has 0 aromatic heterocycles. The number of carbonyl (C=O) groups is 1. The van der Waals surface area contributed by atoms with E-state index in [4.69, 9.17) is 9.47 Å². The van der Waals surface area contributed by atoms with Crippen LogP contribution in [0.25, 0.3) is 10.8 Å². The number of benzene rings is 3. The molecule has 1 heterocycles. The summed E-state index contributed by atoms with van der Waals surface area (Å²) in [6, 6.07) is 17.2. The molecule has 32 heavy (non-hydrogen) atoms. The van der Waals surface area contributed by atoms with Crippen molar-refractivity contribution in [1.82, 2.24) is 10.2 Å². The Balaban J connectivity index is 1.45. The van der Waals surface area contributed by atoms with Crippen LogP contribution in [-0.4, -0.2) is 50.2 Å². The Morgan fingerprint density at radius 3 is 2.56 bits per heavy atom. The van der Waals surface area contributed by atoms with E-state index in [0.717, 1.165) is 24.2 Å². The molecular weight excluding hydrogens is 414 g/mol. The van der Waals surface area contributed by atoms with E-state index >= 15 is 0 Å². The zero-order valence-corrected chi connectivity index (χ0v) is 18.1. The number of likely N-dealkylation sites (tertiary alicyclic amines) is 1. The highest BCUT2D eigenvalue weighted by Gasteiger charge is 2.30. The molecule has 1 N–H and O–H groups in total. The van der Waals surface area contributed by atoms with Gasteiger partial charge < -0.3 is 19.7 Å². The molecule has 0 atom stereocenters. The Labute approximate surface area is 185 Å². The number of carbonyl (C=O) groups excluding carboxylic acids is 1. The number of amides is 1. The van der Waals surface area contributed by atoms with Crippen molar-refractivity contribution in [1.29, 1.82) is 0 Å². The van der Waals surface area contributed by atoms with Gasteiger partial charge in [-0.05, 0) is 53.9 Å². The van der Waals surface area contributed by atoms with Crippen molar-refractivity contribution in [2.24, 2.45) is 0 Å². The van der Waals surface area contributed by atoms with E-state index in [1.165, 1.54) is 24.3 Å². The highest BCUT2D eigenvalue weighted by Crippen LogP contribution is 2.33. The van der Waals surface area contributed by atoms with Crippen LogP contribution in [-0.2, 0) is 10.7 Å². The van der Waals surface area contributed by atoms with Crippen LogP contribution in [0.3, 0.4) is 0 Å². The summed E-state index contributed by atoms with van der Waals surface area (Å²) in [5, 5.41) is 5.07. The zero-order valence-electron chi connectivity index (χ0n) is 18.1. The Morgan fingerprint density at radius 1 is 1.12 bits per heavy atom. The van der Waals surface area contributed by atoms with Gasteiger partial charge in [-0.2, -0.15) is 0 Å². The molecule has 5 nitrogen and oxygen atoms in total. The van der Waals surface area contributed by atoms with Gasteiger partial charge in [-0.15, -0.1) is 0 Å². The molecular formula is C25H26F2N2O3. The Bertz CT molecular complexity index is 1090.